The normalized spacial score (nSPS) is 20.4. The van der Waals surface area contributed by atoms with Crippen molar-refractivity contribution in [3.8, 4) is 11.8 Å². The molecule has 2 aromatic rings. The minimum absolute atomic E-state index is 0.441. The summed E-state index contributed by atoms with van der Waals surface area (Å²) in [6, 6.07) is 17.6. The zero-order valence-electron chi connectivity index (χ0n) is 15.3. The van der Waals surface area contributed by atoms with Crippen molar-refractivity contribution in [1.29, 1.82) is 0 Å². The van der Waals surface area contributed by atoms with E-state index in [-0.39, 0.29) is 0 Å². The van der Waals surface area contributed by atoms with Gasteiger partial charge in [0.15, 0.2) is 0 Å². The van der Waals surface area contributed by atoms with E-state index in [9.17, 15) is 0 Å². The highest BCUT2D eigenvalue weighted by Crippen LogP contribution is 2.26. The third-order valence-corrected chi connectivity index (χ3v) is 5.33. The Bertz CT molecular complexity index is 715. The van der Waals surface area contributed by atoms with Crippen LogP contribution in [-0.4, -0.2) is 6.04 Å². The molecule has 2 unspecified atom stereocenters. The molecule has 1 heteroatoms. The highest BCUT2D eigenvalue weighted by molar-refractivity contribution is 5.43. The van der Waals surface area contributed by atoms with E-state index in [1.807, 2.05) is 0 Å². The summed E-state index contributed by atoms with van der Waals surface area (Å²) in [6.07, 6.45) is 8.85. The first-order valence-corrected chi connectivity index (χ1v) is 9.62. The van der Waals surface area contributed by atoms with Crippen molar-refractivity contribution in [1.82, 2.24) is 0 Å². The molecule has 0 heterocycles. The second kappa shape index (κ2) is 8.88. The third kappa shape index (κ3) is 5.76. The molecule has 0 amide bonds. The Morgan fingerprint density at radius 2 is 1.48 bits per heavy atom. The Labute approximate surface area is 152 Å². The smallest absolute Gasteiger partial charge is 0.0249 e. The van der Waals surface area contributed by atoms with Crippen LogP contribution in [0.25, 0.3) is 0 Å². The van der Waals surface area contributed by atoms with Crippen LogP contribution in [0.15, 0.2) is 48.5 Å². The molecule has 0 bridgehead atoms. The molecular weight excluding hydrogens is 302 g/mol. The third-order valence-electron chi connectivity index (χ3n) is 5.33. The van der Waals surface area contributed by atoms with Gasteiger partial charge in [0.2, 0.25) is 0 Å². The average molecular weight is 332 g/mol. The van der Waals surface area contributed by atoms with Crippen molar-refractivity contribution in [3.63, 3.8) is 0 Å². The van der Waals surface area contributed by atoms with E-state index in [0.717, 1.165) is 17.0 Å². The van der Waals surface area contributed by atoms with E-state index in [2.05, 4.69) is 67.3 Å². The van der Waals surface area contributed by atoms with E-state index in [4.69, 9.17) is 5.73 Å². The summed E-state index contributed by atoms with van der Waals surface area (Å²) < 4.78 is 0. The molecule has 25 heavy (non-hydrogen) atoms. The van der Waals surface area contributed by atoms with E-state index >= 15 is 0 Å². The fraction of sp³-hybridized carbons (Fsp3) is 0.417. The van der Waals surface area contributed by atoms with Crippen molar-refractivity contribution < 1.29 is 0 Å². The molecule has 0 aliphatic heterocycles. The molecular formula is C24H29N. The van der Waals surface area contributed by atoms with Crippen LogP contribution < -0.4 is 5.73 Å². The molecule has 2 N–H and O–H groups in total. The molecule has 0 radical (unpaired) electrons. The molecule has 0 aromatic heterocycles. The lowest BCUT2D eigenvalue weighted by Gasteiger charge is -2.13. The van der Waals surface area contributed by atoms with Crippen LogP contribution >= 0.6 is 0 Å². The summed E-state index contributed by atoms with van der Waals surface area (Å²) in [5.74, 6) is 7.36. The fourth-order valence-corrected chi connectivity index (χ4v) is 3.60. The number of aryl methyl sites for hydroxylation is 2. The SMILES string of the molecule is Cc1ccc(C#Cc2ccc(CCC3CCCC(N)CC3)cc2)cc1. The molecule has 0 saturated heterocycles. The summed E-state index contributed by atoms with van der Waals surface area (Å²) in [7, 11) is 0. The number of benzene rings is 2. The van der Waals surface area contributed by atoms with Crippen LogP contribution in [0, 0.1) is 24.7 Å². The Kier molecular flexibility index (Phi) is 6.31. The first-order chi connectivity index (χ1) is 12.2. The van der Waals surface area contributed by atoms with Gasteiger partial charge < -0.3 is 5.73 Å². The highest BCUT2D eigenvalue weighted by Gasteiger charge is 2.16. The lowest BCUT2D eigenvalue weighted by atomic mass is 9.92. The summed E-state index contributed by atoms with van der Waals surface area (Å²) in [6.45, 7) is 2.10. The molecule has 130 valence electrons. The Hall–Kier alpha value is -2.04. The van der Waals surface area contributed by atoms with Crippen molar-refractivity contribution in [2.75, 3.05) is 0 Å². The Balaban J connectivity index is 1.53. The first kappa shape index (κ1) is 17.8. The summed E-state index contributed by atoms with van der Waals surface area (Å²) >= 11 is 0. The molecule has 2 atom stereocenters. The number of nitrogens with two attached hydrogens (primary N) is 1. The van der Waals surface area contributed by atoms with Gasteiger partial charge in [-0.05, 0) is 74.8 Å². The van der Waals surface area contributed by atoms with Crippen LogP contribution in [0.4, 0.5) is 0 Å². The standard InChI is InChI=1S/C24H29N/c1-19-5-7-21(8-6-19)11-12-23-15-13-22(14-16-23)10-9-20-3-2-4-24(25)18-17-20/h5-8,13-16,20,24H,2-4,9-10,17-18,25H2,1H3. The molecule has 3 rings (SSSR count). The second-order valence-corrected chi connectivity index (χ2v) is 7.49. The maximum absolute atomic E-state index is 6.09. The van der Waals surface area contributed by atoms with Gasteiger partial charge in [-0.1, -0.05) is 54.5 Å². The van der Waals surface area contributed by atoms with Crippen molar-refractivity contribution in [2.45, 2.75) is 57.9 Å². The Morgan fingerprint density at radius 1 is 0.840 bits per heavy atom. The maximum atomic E-state index is 6.09. The summed E-state index contributed by atoms with van der Waals surface area (Å²) in [5, 5.41) is 0. The van der Waals surface area contributed by atoms with Gasteiger partial charge in [0, 0.05) is 17.2 Å². The second-order valence-electron chi connectivity index (χ2n) is 7.49. The largest absolute Gasteiger partial charge is 0.328 e. The lowest BCUT2D eigenvalue weighted by molar-refractivity contribution is 0.425. The average Bonchev–Trinajstić information content (AvgIpc) is 2.85. The van der Waals surface area contributed by atoms with Gasteiger partial charge in [0.1, 0.15) is 0 Å². The monoisotopic (exact) mass is 331 g/mol. The molecule has 1 fully saturated rings. The van der Waals surface area contributed by atoms with Gasteiger partial charge in [0.05, 0.1) is 0 Å². The minimum Gasteiger partial charge on any atom is -0.328 e. The number of hydrogen-bond acceptors (Lipinski definition) is 1. The van der Waals surface area contributed by atoms with Crippen LogP contribution in [-0.2, 0) is 6.42 Å². The van der Waals surface area contributed by atoms with Crippen LogP contribution in [0.2, 0.25) is 0 Å². The fourth-order valence-electron chi connectivity index (χ4n) is 3.60. The molecule has 1 saturated carbocycles. The van der Waals surface area contributed by atoms with E-state index < -0.39 is 0 Å². The van der Waals surface area contributed by atoms with Gasteiger partial charge in [-0.15, -0.1) is 0 Å². The maximum Gasteiger partial charge on any atom is 0.0249 e. The van der Waals surface area contributed by atoms with Gasteiger partial charge in [0.25, 0.3) is 0 Å². The summed E-state index contributed by atoms with van der Waals surface area (Å²) in [5.41, 5.74) is 10.9. The van der Waals surface area contributed by atoms with E-state index in [1.165, 1.54) is 56.1 Å². The topological polar surface area (TPSA) is 26.0 Å². The van der Waals surface area contributed by atoms with Gasteiger partial charge >= 0.3 is 0 Å². The zero-order valence-corrected chi connectivity index (χ0v) is 15.3. The quantitative estimate of drug-likeness (QED) is 0.604. The molecule has 0 spiro atoms. The first-order valence-electron chi connectivity index (χ1n) is 9.62. The highest BCUT2D eigenvalue weighted by atomic mass is 14.6. The molecule has 2 aromatic carbocycles. The van der Waals surface area contributed by atoms with Crippen molar-refractivity contribution in [3.05, 3.63) is 70.8 Å². The molecule has 1 aliphatic carbocycles. The van der Waals surface area contributed by atoms with Crippen LogP contribution in [0.3, 0.4) is 0 Å². The minimum atomic E-state index is 0.441. The van der Waals surface area contributed by atoms with Crippen molar-refractivity contribution in [2.24, 2.45) is 11.7 Å². The lowest BCUT2D eigenvalue weighted by Crippen LogP contribution is -2.18. The number of rotatable bonds is 3. The van der Waals surface area contributed by atoms with Crippen LogP contribution in [0.1, 0.15) is 60.8 Å². The van der Waals surface area contributed by atoms with E-state index in [1.54, 1.807) is 0 Å². The van der Waals surface area contributed by atoms with Gasteiger partial charge in [-0.2, -0.15) is 0 Å². The van der Waals surface area contributed by atoms with E-state index in [0.29, 0.717) is 6.04 Å². The van der Waals surface area contributed by atoms with Crippen LogP contribution in [0.5, 0.6) is 0 Å². The summed E-state index contributed by atoms with van der Waals surface area (Å²) in [4.78, 5) is 0. The van der Waals surface area contributed by atoms with Gasteiger partial charge in [-0.25, -0.2) is 0 Å². The van der Waals surface area contributed by atoms with Crippen molar-refractivity contribution >= 4 is 0 Å². The molecule has 1 aliphatic rings. The predicted octanol–water partition coefficient (Wildman–Crippen LogP) is 5.24. The zero-order chi connectivity index (χ0) is 17.5. The molecule has 1 nitrogen and oxygen atoms in total. The predicted molar refractivity (Wildman–Crippen MR) is 106 cm³/mol. The van der Waals surface area contributed by atoms with Gasteiger partial charge in [-0.3, -0.25) is 0 Å². The Morgan fingerprint density at radius 3 is 2.16 bits per heavy atom. The number of hydrogen-bond donors (Lipinski definition) is 1.